The Balaban J connectivity index is 1.33. The van der Waals surface area contributed by atoms with Crippen molar-refractivity contribution in [3.05, 3.63) is 100 Å². The Morgan fingerprint density at radius 1 is 0.722 bits per heavy atom. The van der Waals surface area contributed by atoms with Crippen LogP contribution in [-0.4, -0.2) is 55.0 Å². The Morgan fingerprint density at radius 3 is 1.86 bits per heavy atom. The molecule has 2 aliphatic heterocycles. The first kappa shape index (κ1) is 23.9. The third-order valence-electron chi connectivity index (χ3n) is 7.32. The highest BCUT2D eigenvalue weighted by atomic mass is 16.6. The SMILES string of the molecule is O=C(C(c1ccccc1)c1ccccc1)N1CCN(c2ccc([N+](=O)[O-])c(N3CCCCC3)c2)CC1. The van der Waals surface area contributed by atoms with E-state index in [1.165, 1.54) is 6.42 Å². The number of hydrogen-bond donors (Lipinski definition) is 0. The highest BCUT2D eigenvalue weighted by Crippen LogP contribution is 2.35. The Kier molecular flexibility index (Phi) is 7.16. The van der Waals surface area contributed by atoms with Gasteiger partial charge in [-0.2, -0.15) is 0 Å². The minimum atomic E-state index is -0.330. The van der Waals surface area contributed by atoms with Crippen LogP contribution in [0, 0.1) is 10.1 Å². The number of rotatable bonds is 6. The monoisotopic (exact) mass is 484 g/mol. The normalized spacial score (nSPS) is 16.3. The summed E-state index contributed by atoms with van der Waals surface area (Å²) >= 11 is 0. The summed E-state index contributed by atoms with van der Waals surface area (Å²) in [5.74, 6) is -0.214. The molecule has 0 spiro atoms. The molecule has 3 aromatic rings. The van der Waals surface area contributed by atoms with Gasteiger partial charge in [0.1, 0.15) is 5.69 Å². The predicted molar refractivity (Wildman–Crippen MR) is 143 cm³/mol. The molecule has 186 valence electrons. The van der Waals surface area contributed by atoms with Gasteiger partial charge < -0.3 is 14.7 Å². The lowest BCUT2D eigenvalue weighted by atomic mass is 9.90. The maximum absolute atomic E-state index is 13.7. The van der Waals surface area contributed by atoms with Crippen molar-refractivity contribution >= 4 is 23.0 Å². The van der Waals surface area contributed by atoms with Crippen LogP contribution >= 0.6 is 0 Å². The van der Waals surface area contributed by atoms with Gasteiger partial charge in [-0.05, 0) is 42.5 Å². The highest BCUT2D eigenvalue weighted by Gasteiger charge is 2.30. The Morgan fingerprint density at radius 2 is 1.31 bits per heavy atom. The Bertz CT molecular complexity index is 1150. The van der Waals surface area contributed by atoms with E-state index in [0.717, 1.165) is 42.7 Å². The number of nitrogens with zero attached hydrogens (tertiary/aromatic N) is 4. The number of anilines is 2. The largest absolute Gasteiger partial charge is 0.368 e. The lowest BCUT2D eigenvalue weighted by Gasteiger charge is -2.38. The second-order valence-corrected chi connectivity index (χ2v) is 9.54. The second-order valence-electron chi connectivity index (χ2n) is 9.54. The molecule has 0 aromatic heterocycles. The summed E-state index contributed by atoms with van der Waals surface area (Å²) in [6.07, 6.45) is 3.30. The quantitative estimate of drug-likeness (QED) is 0.361. The van der Waals surface area contributed by atoms with Crippen molar-refractivity contribution in [2.24, 2.45) is 0 Å². The smallest absolute Gasteiger partial charge is 0.292 e. The lowest BCUT2D eigenvalue weighted by Crippen LogP contribution is -2.50. The van der Waals surface area contributed by atoms with E-state index >= 15 is 0 Å². The van der Waals surface area contributed by atoms with E-state index in [1.54, 1.807) is 6.07 Å². The molecule has 5 rings (SSSR count). The summed E-state index contributed by atoms with van der Waals surface area (Å²) in [5.41, 5.74) is 3.86. The molecular weight excluding hydrogens is 452 g/mol. The first-order chi connectivity index (χ1) is 17.6. The van der Waals surface area contributed by atoms with Crippen molar-refractivity contribution in [3.8, 4) is 0 Å². The Hall–Kier alpha value is -3.87. The van der Waals surface area contributed by atoms with Gasteiger partial charge in [-0.25, -0.2) is 0 Å². The standard InChI is InChI=1S/C29H32N4O3/c34-29(28(23-10-4-1-5-11-23)24-12-6-2-7-13-24)32-20-18-30(19-21-32)25-14-15-26(33(35)36)27(22-25)31-16-8-3-9-17-31/h1-2,4-7,10-15,22,28H,3,8-9,16-21H2. The maximum atomic E-state index is 13.7. The summed E-state index contributed by atoms with van der Waals surface area (Å²) in [4.78, 5) is 31.5. The molecule has 0 atom stereocenters. The number of amides is 1. The van der Waals surface area contributed by atoms with Crippen LogP contribution in [-0.2, 0) is 4.79 Å². The van der Waals surface area contributed by atoms with Crippen LogP contribution in [0.4, 0.5) is 17.1 Å². The van der Waals surface area contributed by atoms with E-state index in [2.05, 4.69) is 9.80 Å². The van der Waals surface area contributed by atoms with Crippen molar-refractivity contribution in [3.63, 3.8) is 0 Å². The van der Waals surface area contributed by atoms with Crippen LogP contribution in [0.2, 0.25) is 0 Å². The van der Waals surface area contributed by atoms with Gasteiger partial charge in [-0.3, -0.25) is 14.9 Å². The number of carbonyl (C=O) groups excluding carboxylic acids is 1. The topological polar surface area (TPSA) is 69.9 Å². The van der Waals surface area contributed by atoms with Crippen LogP contribution < -0.4 is 9.80 Å². The van der Waals surface area contributed by atoms with Gasteiger partial charge in [0.05, 0.1) is 10.8 Å². The van der Waals surface area contributed by atoms with Gasteiger partial charge in [0.25, 0.3) is 5.69 Å². The van der Waals surface area contributed by atoms with Gasteiger partial charge in [0, 0.05) is 51.0 Å². The van der Waals surface area contributed by atoms with Crippen molar-refractivity contribution in [2.75, 3.05) is 49.1 Å². The average Bonchev–Trinajstić information content (AvgIpc) is 2.94. The summed E-state index contributed by atoms with van der Waals surface area (Å²) < 4.78 is 0. The molecule has 1 amide bonds. The van der Waals surface area contributed by atoms with Gasteiger partial charge >= 0.3 is 0 Å². The zero-order valence-electron chi connectivity index (χ0n) is 20.5. The molecule has 0 radical (unpaired) electrons. The summed E-state index contributed by atoms with van der Waals surface area (Å²) in [6, 6.07) is 25.4. The number of hydrogen-bond acceptors (Lipinski definition) is 5. The van der Waals surface area contributed by atoms with Crippen molar-refractivity contribution in [1.29, 1.82) is 0 Å². The molecule has 2 heterocycles. The lowest BCUT2D eigenvalue weighted by molar-refractivity contribution is -0.384. The van der Waals surface area contributed by atoms with E-state index in [9.17, 15) is 14.9 Å². The van der Waals surface area contributed by atoms with E-state index in [0.29, 0.717) is 31.9 Å². The molecule has 2 saturated heterocycles. The van der Waals surface area contributed by atoms with Gasteiger partial charge in [-0.1, -0.05) is 60.7 Å². The summed E-state index contributed by atoms with van der Waals surface area (Å²) in [7, 11) is 0. The van der Waals surface area contributed by atoms with Crippen LogP contribution in [0.5, 0.6) is 0 Å². The Labute approximate surface area is 212 Å². The van der Waals surface area contributed by atoms with Crippen LogP contribution in [0.1, 0.15) is 36.3 Å². The first-order valence-corrected chi connectivity index (χ1v) is 12.8. The summed E-state index contributed by atoms with van der Waals surface area (Å²) in [6.45, 7) is 4.33. The maximum Gasteiger partial charge on any atom is 0.292 e. The zero-order chi connectivity index (χ0) is 24.9. The number of nitro groups is 1. The molecular formula is C29H32N4O3. The van der Waals surface area contributed by atoms with Gasteiger partial charge in [-0.15, -0.1) is 0 Å². The number of piperidine rings is 1. The second kappa shape index (κ2) is 10.8. The fourth-order valence-electron chi connectivity index (χ4n) is 5.39. The van der Waals surface area contributed by atoms with E-state index in [4.69, 9.17) is 0 Å². The molecule has 0 N–H and O–H groups in total. The fourth-order valence-corrected chi connectivity index (χ4v) is 5.39. The molecule has 2 aliphatic rings. The average molecular weight is 485 g/mol. The number of piperazine rings is 1. The molecule has 3 aromatic carbocycles. The highest BCUT2D eigenvalue weighted by molar-refractivity contribution is 5.87. The predicted octanol–water partition coefficient (Wildman–Crippen LogP) is 5.07. The minimum absolute atomic E-state index is 0.116. The molecule has 0 aliphatic carbocycles. The third kappa shape index (κ3) is 5.05. The molecule has 0 bridgehead atoms. The molecule has 7 heteroatoms. The summed E-state index contributed by atoms with van der Waals surface area (Å²) in [5, 5.41) is 11.7. The molecule has 2 fully saturated rings. The van der Waals surface area contributed by atoms with E-state index < -0.39 is 0 Å². The molecule has 0 unspecified atom stereocenters. The third-order valence-corrected chi connectivity index (χ3v) is 7.32. The van der Waals surface area contributed by atoms with E-state index in [-0.39, 0.29) is 22.4 Å². The van der Waals surface area contributed by atoms with Crippen molar-refractivity contribution in [2.45, 2.75) is 25.2 Å². The van der Waals surface area contributed by atoms with Gasteiger partial charge in [0.2, 0.25) is 5.91 Å². The number of benzene rings is 3. The molecule has 0 saturated carbocycles. The fraction of sp³-hybridized carbons (Fsp3) is 0.345. The van der Waals surface area contributed by atoms with Gasteiger partial charge in [0.15, 0.2) is 0 Å². The molecule has 36 heavy (non-hydrogen) atoms. The van der Waals surface area contributed by atoms with Crippen molar-refractivity contribution in [1.82, 2.24) is 4.90 Å². The zero-order valence-corrected chi connectivity index (χ0v) is 20.5. The molecule has 7 nitrogen and oxygen atoms in total. The van der Waals surface area contributed by atoms with Crippen LogP contribution in [0.15, 0.2) is 78.9 Å². The van der Waals surface area contributed by atoms with Crippen LogP contribution in [0.25, 0.3) is 0 Å². The van der Waals surface area contributed by atoms with Crippen molar-refractivity contribution < 1.29 is 9.72 Å². The first-order valence-electron chi connectivity index (χ1n) is 12.8. The van der Waals surface area contributed by atoms with E-state index in [1.807, 2.05) is 77.7 Å². The number of carbonyl (C=O) groups is 1. The van der Waals surface area contributed by atoms with Crippen LogP contribution in [0.3, 0.4) is 0 Å². The minimum Gasteiger partial charge on any atom is -0.368 e. The number of nitro benzene ring substituents is 1.